The zero-order chi connectivity index (χ0) is 19.3. The quantitative estimate of drug-likeness (QED) is 0.817. The van der Waals surface area contributed by atoms with E-state index in [4.69, 9.17) is 0 Å². The summed E-state index contributed by atoms with van der Waals surface area (Å²) in [6.45, 7) is 3.27. The SMILES string of the molecule is CN1CCN(C(=O)c2cccc(S(=O)(=O)NCCc3ccccc3)c2)CC1. The zero-order valence-corrected chi connectivity index (χ0v) is 16.3. The van der Waals surface area contributed by atoms with Gasteiger partial charge in [-0.05, 0) is 37.2 Å². The molecule has 1 aliphatic heterocycles. The van der Waals surface area contributed by atoms with Crippen LogP contribution in [0.5, 0.6) is 0 Å². The molecule has 3 rings (SSSR count). The van der Waals surface area contributed by atoms with E-state index in [1.54, 1.807) is 17.0 Å². The highest BCUT2D eigenvalue weighted by molar-refractivity contribution is 7.89. The Balaban J connectivity index is 1.65. The fraction of sp³-hybridized carbons (Fsp3) is 0.350. The van der Waals surface area contributed by atoms with Gasteiger partial charge in [-0.2, -0.15) is 0 Å². The summed E-state index contributed by atoms with van der Waals surface area (Å²) in [6, 6.07) is 16.0. The monoisotopic (exact) mass is 387 g/mol. The highest BCUT2D eigenvalue weighted by Crippen LogP contribution is 2.14. The van der Waals surface area contributed by atoms with E-state index in [0.717, 1.165) is 18.7 Å². The Morgan fingerprint density at radius 1 is 1.00 bits per heavy atom. The van der Waals surface area contributed by atoms with Crippen LogP contribution in [0.4, 0.5) is 0 Å². The van der Waals surface area contributed by atoms with Gasteiger partial charge in [0.25, 0.3) is 5.91 Å². The Bertz CT molecular complexity index is 876. The number of sulfonamides is 1. The van der Waals surface area contributed by atoms with Gasteiger partial charge in [0.1, 0.15) is 0 Å². The summed E-state index contributed by atoms with van der Waals surface area (Å²) in [5.41, 5.74) is 1.48. The Kier molecular flexibility index (Phi) is 6.26. The van der Waals surface area contributed by atoms with Gasteiger partial charge in [-0.1, -0.05) is 36.4 Å². The van der Waals surface area contributed by atoms with Crippen molar-refractivity contribution < 1.29 is 13.2 Å². The Morgan fingerprint density at radius 2 is 1.70 bits per heavy atom. The van der Waals surface area contributed by atoms with Crippen molar-refractivity contribution in [1.29, 1.82) is 0 Å². The molecule has 7 heteroatoms. The predicted octanol–water partition coefficient (Wildman–Crippen LogP) is 1.60. The van der Waals surface area contributed by atoms with E-state index in [9.17, 15) is 13.2 Å². The Labute approximate surface area is 160 Å². The fourth-order valence-corrected chi connectivity index (χ4v) is 4.12. The second-order valence-corrected chi connectivity index (χ2v) is 8.52. The van der Waals surface area contributed by atoms with E-state index >= 15 is 0 Å². The highest BCUT2D eigenvalue weighted by Gasteiger charge is 2.22. The van der Waals surface area contributed by atoms with Gasteiger partial charge in [0, 0.05) is 38.3 Å². The largest absolute Gasteiger partial charge is 0.336 e. The van der Waals surface area contributed by atoms with Crippen molar-refractivity contribution in [2.75, 3.05) is 39.8 Å². The summed E-state index contributed by atoms with van der Waals surface area (Å²) in [6.07, 6.45) is 0.611. The van der Waals surface area contributed by atoms with Crippen LogP contribution in [0, 0.1) is 0 Å². The van der Waals surface area contributed by atoms with Crippen LogP contribution in [0.15, 0.2) is 59.5 Å². The van der Waals surface area contributed by atoms with Crippen LogP contribution in [0.1, 0.15) is 15.9 Å². The summed E-state index contributed by atoms with van der Waals surface area (Å²) in [7, 11) is -1.63. The first kappa shape index (κ1) is 19.5. The van der Waals surface area contributed by atoms with Crippen molar-refractivity contribution in [1.82, 2.24) is 14.5 Å². The van der Waals surface area contributed by atoms with E-state index in [-0.39, 0.29) is 10.8 Å². The van der Waals surface area contributed by atoms with Gasteiger partial charge in [-0.15, -0.1) is 0 Å². The summed E-state index contributed by atoms with van der Waals surface area (Å²) >= 11 is 0. The van der Waals surface area contributed by atoms with Crippen LogP contribution in [0.2, 0.25) is 0 Å². The maximum atomic E-state index is 12.7. The minimum Gasteiger partial charge on any atom is -0.336 e. The lowest BCUT2D eigenvalue weighted by atomic mass is 10.2. The van der Waals surface area contributed by atoms with Crippen LogP contribution < -0.4 is 4.72 Å². The Hall–Kier alpha value is -2.22. The molecule has 1 heterocycles. The van der Waals surface area contributed by atoms with E-state index in [1.807, 2.05) is 37.4 Å². The minimum absolute atomic E-state index is 0.121. The molecule has 27 heavy (non-hydrogen) atoms. The molecule has 0 unspecified atom stereocenters. The number of nitrogens with one attached hydrogen (secondary N) is 1. The number of rotatable bonds is 6. The number of nitrogens with zero attached hydrogens (tertiary/aromatic N) is 2. The zero-order valence-electron chi connectivity index (χ0n) is 15.5. The van der Waals surface area contributed by atoms with Crippen molar-refractivity contribution in [3.05, 3.63) is 65.7 Å². The van der Waals surface area contributed by atoms with Crippen LogP contribution in [0.3, 0.4) is 0 Å². The van der Waals surface area contributed by atoms with Gasteiger partial charge in [0.15, 0.2) is 0 Å². The van der Waals surface area contributed by atoms with Crippen LogP contribution in [0.25, 0.3) is 0 Å². The first-order valence-corrected chi connectivity index (χ1v) is 10.6. The van der Waals surface area contributed by atoms with Gasteiger partial charge >= 0.3 is 0 Å². The molecule has 144 valence electrons. The molecule has 1 N–H and O–H groups in total. The summed E-state index contributed by atoms with van der Waals surface area (Å²) < 4.78 is 27.8. The number of amides is 1. The van der Waals surface area contributed by atoms with E-state index in [2.05, 4.69) is 9.62 Å². The number of piperazine rings is 1. The highest BCUT2D eigenvalue weighted by atomic mass is 32.2. The average Bonchev–Trinajstić information content (AvgIpc) is 2.69. The molecule has 0 aliphatic carbocycles. The molecule has 0 aromatic heterocycles. The van der Waals surface area contributed by atoms with Gasteiger partial charge in [-0.25, -0.2) is 13.1 Å². The lowest BCUT2D eigenvalue weighted by Gasteiger charge is -2.32. The standard InChI is InChI=1S/C20H25N3O3S/c1-22-12-14-23(15-13-22)20(24)18-8-5-9-19(16-18)27(25,26)21-11-10-17-6-3-2-4-7-17/h2-9,16,21H,10-15H2,1H3. The normalized spacial score (nSPS) is 15.7. The summed E-state index contributed by atoms with van der Waals surface area (Å²) in [4.78, 5) is 16.7. The van der Waals surface area contributed by atoms with Crippen molar-refractivity contribution in [3.8, 4) is 0 Å². The molecule has 2 aromatic carbocycles. The maximum absolute atomic E-state index is 12.7. The first-order chi connectivity index (χ1) is 13.0. The average molecular weight is 388 g/mol. The number of hydrogen-bond donors (Lipinski definition) is 1. The molecule has 6 nitrogen and oxygen atoms in total. The van der Waals surface area contributed by atoms with Crippen molar-refractivity contribution >= 4 is 15.9 Å². The van der Waals surface area contributed by atoms with E-state index < -0.39 is 10.0 Å². The second kappa shape index (κ2) is 8.65. The van der Waals surface area contributed by atoms with Crippen molar-refractivity contribution in [2.24, 2.45) is 0 Å². The molecule has 1 aliphatic rings. The second-order valence-electron chi connectivity index (χ2n) is 6.76. The molecular formula is C20H25N3O3S. The molecule has 0 saturated carbocycles. The fourth-order valence-electron chi connectivity index (χ4n) is 3.05. The van der Waals surface area contributed by atoms with E-state index in [0.29, 0.717) is 31.6 Å². The number of hydrogen-bond acceptors (Lipinski definition) is 4. The third kappa shape index (κ3) is 5.15. The maximum Gasteiger partial charge on any atom is 0.253 e. The van der Waals surface area contributed by atoms with Crippen molar-refractivity contribution in [2.45, 2.75) is 11.3 Å². The van der Waals surface area contributed by atoms with E-state index in [1.165, 1.54) is 12.1 Å². The molecule has 2 aromatic rings. The lowest BCUT2D eigenvalue weighted by Crippen LogP contribution is -2.47. The molecule has 0 bridgehead atoms. The first-order valence-electron chi connectivity index (χ1n) is 9.07. The van der Waals surface area contributed by atoms with Gasteiger partial charge in [0.2, 0.25) is 10.0 Å². The third-order valence-corrected chi connectivity index (χ3v) is 6.19. The summed E-state index contributed by atoms with van der Waals surface area (Å²) in [5.74, 6) is -0.121. The minimum atomic E-state index is -3.65. The molecular weight excluding hydrogens is 362 g/mol. The number of benzene rings is 2. The topological polar surface area (TPSA) is 69.7 Å². The van der Waals surface area contributed by atoms with Gasteiger partial charge < -0.3 is 9.80 Å². The third-order valence-electron chi connectivity index (χ3n) is 4.73. The molecule has 1 amide bonds. The van der Waals surface area contributed by atoms with Crippen molar-refractivity contribution in [3.63, 3.8) is 0 Å². The molecule has 1 fully saturated rings. The smallest absolute Gasteiger partial charge is 0.253 e. The number of carbonyl (C=O) groups is 1. The van der Waals surface area contributed by atoms with Crippen LogP contribution >= 0.6 is 0 Å². The molecule has 0 spiro atoms. The summed E-state index contributed by atoms with van der Waals surface area (Å²) in [5, 5.41) is 0. The van der Waals surface area contributed by atoms with Crippen LogP contribution in [-0.4, -0.2) is 63.9 Å². The van der Waals surface area contributed by atoms with Gasteiger partial charge in [-0.3, -0.25) is 4.79 Å². The number of likely N-dealkylation sites (N-methyl/N-ethyl adjacent to an activating group) is 1. The number of carbonyl (C=O) groups excluding carboxylic acids is 1. The van der Waals surface area contributed by atoms with Gasteiger partial charge in [0.05, 0.1) is 4.90 Å². The Morgan fingerprint density at radius 3 is 2.41 bits per heavy atom. The van der Waals surface area contributed by atoms with Crippen LogP contribution in [-0.2, 0) is 16.4 Å². The molecule has 0 radical (unpaired) electrons. The lowest BCUT2D eigenvalue weighted by molar-refractivity contribution is 0.0664. The molecule has 0 atom stereocenters. The predicted molar refractivity (Wildman–Crippen MR) is 105 cm³/mol. The molecule has 1 saturated heterocycles.